The van der Waals surface area contributed by atoms with Gasteiger partial charge in [-0.2, -0.15) is 0 Å². The highest BCUT2D eigenvalue weighted by Gasteiger charge is 2.14. The van der Waals surface area contributed by atoms with Crippen LogP contribution >= 0.6 is 0 Å². The fraction of sp³-hybridized carbons (Fsp3) is 0.625. The van der Waals surface area contributed by atoms with E-state index in [9.17, 15) is 0 Å². The van der Waals surface area contributed by atoms with Crippen LogP contribution in [0, 0.1) is 0 Å². The fourth-order valence-corrected chi connectivity index (χ4v) is 2.53. The number of nitrogens with zero attached hydrogens (tertiary/aromatic N) is 1. The molecule has 1 unspecified atom stereocenters. The van der Waals surface area contributed by atoms with Gasteiger partial charge in [0.25, 0.3) is 0 Å². The zero-order chi connectivity index (χ0) is 14.2. The van der Waals surface area contributed by atoms with Crippen LogP contribution in [-0.4, -0.2) is 50.9 Å². The highest BCUT2D eigenvalue weighted by Crippen LogP contribution is 2.13. The maximum atomic E-state index is 5.86. The molecule has 4 nitrogen and oxygen atoms in total. The molecule has 0 amide bonds. The molecule has 0 bridgehead atoms. The van der Waals surface area contributed by atoms with E-state index in [1.54, 1.807) is 0 Å². The van der Waals surface area contributed by atoms with Crippen LogP contribution in [-0.2, 0) is 11.3 Å². The van der Waals surface area contributed by atoms with Crippen molar-refractivity contribution in [3.8, 4) is 5.75 Å². The second-order valence-corrected chi connectivity index (χ2v) is 5.36. The Morgan fingerprint density at radius 3 is 3.20 bits per heavy atom. The quantitative estimate of drug-likeness (QED) is 0.861. The van der Waals surface area contributed by atoms with Crippen molar-refractivity contribution in [2.45, 2.75) is 26.0 Å². The minimum atomic E-state index is 0.330. The fourth-order valence-electron chi connectivity index (χ4n) is 2.53. The molecule has 0 spiro atoms. The molecule has 1 fully saturated rings. The van der Waals surface area contributed by atoms with E-state index in [4.69, 9.17) is 9.47 Å². The van der Waals surface area contributed by atoms with Crippen LogP contribution in [0.25, 0.3) is 0 Å². The Balaban J connectivity index is 1.75. The number of ether oxygens (including phenoxy) is 2. The third-order valence-corrected chi connectivity index (χ3v) is 3.49. The molecular weight excluding hydrogens is 252 g/mol. The molecule has 2 rings (SSSR count). The third-order valence-electron chi connectivity index (χ3n) is 3.49. The van der Waals surface area contributed by atoms with Crippen molar-refractivity contribution in [3.05, 3.63) is 29.8 Å². The number of benzene rings is 1. The van der Waals surface area contributed by atoms with E-state index in [1.807, 2.05) is 19.2 Å². The zero-order valence-corrected chi connectivity index (χ0v) is 12.6. The summed E-state index contributed by atoms with van der Waals surface area (Å²) in [5.41, 5.74) is 1.25. The van der Waals surface area contributed by atoms with Gasteiger partial charge < -0.3 is 14.8 Å². The molecule has 20 heavy (non-hydrogen) atoms. The summed E-state index contributed by atoms with van der Waals surface area (Å²) in [6.45, 7) is 7.69. The number of hydrogen-bond donors (Lipinski definition) is 1. The predicted molar refractivity (Wildman–Crippen MR) is 81.2 cm³/mol. The second kappa shape index (κ2) is 8.25. The minimum Gasteiger partial charge on any atom is -0.492 e. The van der Waals surface area contributed by atoms with Crippen LogP contribution in [0.5, 0.6) is 5.75 Å². The van der Waals surface area contributed by atoms with Crippen LogP contribution in [0.3, 0.4) is 0 Å². The van der Waals surface area contributed by atoms with Gasteiger partial charge in [0.1, 0.15) is 12.4 Å². The van der Waals surface area contributed by atoms with Gasteiger partial charge in [-0.1, -0.05) is 12.1 Å². The van der Waals surface area contributed by atoms with Crippen LogP contribution < -0.4 is 10.1 Å². The number of hydrogen-bond acceptors (Lipinski definition) is 4. The van der Waals surface area contributed by atoms with Crippen molar-refractivity contribution >= 4 is 0 Å². The van der Waals surface area contributed by atoms with Crippen LogP contribution in [0.15, 0.2) is 24.3 Å². The van der Waals surface area contributed by atoms with Crippen molar-refractivity contribution in [3.63, 3.8) is 0 Å². The molecule has 0 aromatic heterocycles. The maximum absolute atomic E-state index is 5.86. The molecule has 0 saturated carbocycles. The van der Waals surface area contributed by atoms with Crippen molar-refractivity contribution in [2.75, 3.05) is 39.9 Å². The average molecular weight is 278 g/mol. The van der Waals surface area contributed by atoms with Gasteiger partial charge in [0, 0.05) is 32.8 Å². The van der Waals surface area contributed by atoms with Crippen molar-refractivity contribution in [2.24, 2.45) is 0 Å². The van der Waals surface area contributed by atoms with Gasteiger partial charge in [0.2, 0.25) is 0 Å². The Morgan fingerprint density at radius 2 is 2.35 bits per heavy atom. The molecule has 1 aliphatic heterocycles. The highest BCUT2D eigenvalue weighted by molar-refractivity contribution is 5.28. The second-order valence-electron chi connectivity index (χ2n) is 5.36. The first-order chi connectivity index (χ1) is 9.78. The number of nitrogens with one attached hydrogen (secondary N) is 1. The zero-order valence-electron chi connectivity index (χ0n) is 12.6. The largest absolute Gasteiger partial charge is 0.492 e. The summed E-state index contributed by atoms with van der Waals surface area (Å²) < 4.78 is 11.5. The Morgan fingerprint density at radius 1 is 1.45 bits per heavy atom. The SMILES string of the molecule is CNCc1cccc(OCCN2CCCOC(C)C2)c1. The van der Waals surface area contributed by atoms with Gasteiger partial charge in [0.05, 0.1) is 6.10 Å². The summed E-state index contributed by atoms with van der Waals surface area (Å²) in [6.07, 6.45) is 1.44. The molecule has 1 aliphatic rings. The first-order valence-corrected chi connectivity index (χ1v) is 7.48. The van der Waals surface area contributed by atoms with E-state index < -0.39 is 0 Å². The van der Waals surface area contributed by atoms with E-state index in [1.165, 1.54) is 5.56 Å². The molecule has 0 aliphatic carbocycles. The predicted octanol–water partition coefficient (Wildman–Crippen LogP) is 1.90. The van der Waals surface area contributed by atoms with Gasteiger partial charge in [0.15, 0.2) is 0 Å². The first-order valence-electron chi connectivity index (χ1n) is 7.48. The third kappa shape index (κ3) is 5.12. The van der Waals surface area contributed by atoms with Crippen LogP contribution in [0.4, 0.5) is 0 Å². The summed E-state index contributed by atoms with van der Waals surface area (Å²) in [5, 5.41) is 3.15. The Bertz CT molecular complexity index is 398. The van der Waals surface area contributed by atoms with Gasteiger partial charge in [-0.15, -0.1) is 0 Å². The minimum absolute atomic E-state index is 0.330. The van der Waals surface area contributed by atoms with Gasteiger partial charge in [-0.05, 0) is 38.1 Å². The topological polar surface area (TPSA) is 33.7 Å². The molecule has 1 aromatic carbocycles. The molecule has 112 valence electrons. The summed E-state index contributed by atoms with van der Waals surface area (Å²) >= 11 is 0. The summed E-state index contributed by atoms with van der Waals surface area (Å²) in [6, 6.07) is 8.28. The molecule has 0 radical (unpaired) electrons. The van der Waals surface area contributed by atoms with Crippen molar-refractivity contribution in [1.82, 2.24) is 10.2 Å². The summed E-state index contributed by atoms with van der Waals surface area (Å²) in [4.78, 5) is 2.43. The maximum Gasteiger partial charge on any atom is 0.119 e. The Hall–Kier alpha value is -1.10. The van der Waals surface area contributed by atoms with E-state index in [2.05, 4.69) is 29.3 Å². The van der Waals surface area contributed by atoms with Gasteiger partial charge in [-0.25, -0.2) is 0 Å². The van der Waals surface area contributed by atoms with E-state index in [0.717, 1.165) is 51.6 Å². The lowest BCUT2D eigenvalue weighted by Gasteiger charge is -2.21. The monoisotopic (exact) mass is 278 g/mol. The summed E-state index contributed by atoms with van der Waals surface area (Å²) in [5.74, 6) is 0.955. The Labute approximate surface area is 122 Å². The molecule has 1 N–H and O–H groups in total. The van der Waals surface area contributed by atoms with Crippen molar-refractivity contribution in [1.29, 1.82) is 0 Å². The van der Waals surface area contributed by atoms with E-state index in [0.29, 0.717) is 6.10 Å². The lowest BCUT2D eigenvalue weighted by Crippen LogP contribution is -2.33. The Kier molecular flexibility index (Phi) is 6.30. The normalized spacial score (nSPS) is 20.6. The summed E-state index contributed by atoms with van der Waals surface area (Å²) in [7, 11) is 1.95. The molecule has 1 aromatic rings. The van der Waals surface area contributed by atoms with Gasteiger partial charge in [-0.3, -0.25) is 4.90 Å². The molecular formula is C16H26N2O2. The smallest absolute Gasteiger partial charge is 0.119 e. The molecule has 1 atom stereocenters. The lowest BCUT2D eigenvalue weighted by atomic mass is 10.2. The van der Waals surface area contributed by atoms with Gasteiger partial charge >= 0.3 is 0 Å². The number of rotatable bonds is 6. The molecule has 1 saturated heterocycles. The van der Waals surface area contributed by atoms with Crippen LogP contribution in [0.1, 0.15) is 18.9 Å². The average Bonchev–Trinajstić information content (AvgIpc) is 2.64. The molecule has 4 heteroatoms. The van der Waals surface area contributed by atoms with E-state index >= 15 is 0 Å². The lowest BCUT2D eigenvalue weighted by molar-refractivity contribution is 0.0658. The standard InChI is InChI=1S/C16H26N2O2/c1-14-13-18(7-4-9-19-14)8-10-20-16-6-3-5-15(11-16)12-17-2/h3,5-6,11,14,17H,4,7-10,12-13H2,1-2H3. The van der Waals surface area contributed by atoms with Crippen LogP contribution in [0.2, 0.25) is 0 Å². The van der Waals surface area contributed by atoms with Crippen molar-refractivity contribution < 1.29 is 9.47 Å². The first kappa shape index (κ1) is 15.3. The molecule has 1 heterocycles. The van der Waals surface area contributed by atoms with E-state index in [-0.39, 0.29) is 0 Å². The highest BCUT2D eigenvalue weighted by atomic mass is 16.5.